The maximum Gasteiger partial charge on any atom is 0.335 e. The molecule has 27 heavy (non-hydrogen) atoms. The molecule has 0 saturated carbocycles. The summed E-state index contributed by atoms with van der Waals surface area (Å²) in [5.74, 6) is -4.25. The summed E-state index contributed by atoms with van der Waals surface area (Å²) in [4.78, 5) is 45.5. The van der Waals surface area contributed by atoms with E-state index in [4.69, 9.17) is 15.3 Å². The normalized spacial score (nSPS) is 16.5. The van der Waals surface area contributed by atoms with Gasteiger partial charge in [-0.05, 0) is 13.3 Å². The summed E-state index contributed by atoms with van der Waals surface area (Å²) in [6, 6.07) is -2.18. The van der Waals surface area contributed by atoms with Crippen molar-refractivity contribution in [1.82, 2.24) is 16.0 Å². The van der Waals surface area contributed by atoms with Gasteiger partial charge in [0.05, 0.1) is 12.5 Å². The van der Waals surface area contributed by atoms with Crippen molar-refractivity contribution in [3.63, 3.8) is 0 Å². The molecule has 2 amide bonds. The Morgan fingerprint density at radius 2 is 1.59 bits per heavy atom. The van der Waals surface area contributed by atoms with Gasteiger partial charge in [0.2, 0.25) is 11.8 Å². The summed E-state index contributed by atoms with van der Waals surface area (Å²) < 4.78 is 0. The maximum atomic E-state index is 12.1. The predicted molar refractivity (Wildman–Crippen MR) is 94.1 cm³/mol. The van der Waals surface area contributed by atoms with Gasteiger partial charge in [-0.1, -0.05) is 0 Å². The van der Waals surface area contributed by atoms with Gasteiger partial charge >= 0.3 is 11.9 Å². The Morgan fingerprint density at radius 1 is 1.00 bits per heavy atom. The molecule has 0 aliphatic heterocycles. The average molecular weight is 411 g/mol. The van der Waals surface area contributed by atoms with Gasteiger partial charge in [-0.25, -0.2) is 9.59 Å². The highest BCUT2D eigenvalue weighted by molar-refractivity contribution is 7.98. The summed E-state index contributed by atoms with van der Waals surface area (Å²) in [6.07, 6.45) is -4.73. The van der Waals surface area contributed by atoms with Crippen LogP contribution in [0, 0.1) is 0 Å². The highest BCUT2D eigenvalue weighted by Gasteiger charge is 2.31. The zero-order chi connectivity index (χ0) is 21.1. The molecule has 0 spiro atoms. The van der Waals surface area contributed by atoms with Crippen molar-refractivity contribution in [2.75, 3.05) is 25.6 Å². The first-order valence-corrected chi connectivity index (χ1v) is 9.17. The van der Waals surface area contributed by atoms with Gasteiger partial charge < -0.3 is 41.5 Å². The molecule has 8 N–H and O–H groups in total. The monoisotopic (exact) mass is 411 g/mol. The highest BCUT2D eigenvalue weighted by atomic mass is 32.2. The van der Waals surface area contributed by atoms with Crippen LogP contribution in [0.1, 0.15) is 6.42 Å². The van der Waals surface area contributed by atoms with Crippen LogP contribution in [0.25, 0.3) is 0 Å². The smallest absolute Gasteiger partial charge is 0.335 e. The lowest BCUT2D eigenvalue weighted by Gasteiger charge is -2.22. The molecule has 5 atom stereocenters. The molecule has 0 aromatic rings. The molecule has 0 aliphatic rings. The lowest BCUT2D eigenvalue weighted by molar-refractivity contribution is -0.157. The van der Waals surface area contributed by atoms with Crippen molar-refractivity contribution in [1.29, 1.82) is 0 Å². The third-order valence-corrected chi connectivity index (χ3v) is 4.15. The minimum Gasteiger partial charge on any atom is -0.480 e. The molecule has 0 bridgehead atoms. The SMILES string of the molecule is CN[C@@H](CC(=O)NC[C@H](O)[C@@H](O)[C@@H](O)C(=O)O)C(=O)N[C@@H](CSC)C(=O)O. The molecule has 0 aromatic carbocycles. The van der Waals surface area contributed by atoms with Crippen molar-refractivity contribution >= 4 is 35.5 Å². The van der Waals surface area contributed by atoms with E-state index in [0.717, 1.165) is 0 Å². The zero-order valence-electron chi connectivity index (χ0n) is 14.8. The Hall–Kier alpha value is -1.93. The Morgan fingerprint density at radius 3 is 2.04 bits per heavy atom. The summed E-state index contributed by atoms with van der Waals surface area (Å²) in [6.45, 7) is -0.563. The number of aliphatic carboxylic acids is 2. The van der Waals surface area contributed by atoms with E-state index in [9.17, 15) is 29.4 Å². The van der Waals surface area contributed by atoms with E-state index in [0.29, 0.717) is 0 Å². The third kappa shape index (κ3) is 9.01. The molecule has 12 nitrogen and oxygen atoms in total. The second kappa shape index (κ2) is 12.5. The number of rotatable bonds is 13. The first-order chi connectivity index (χ1) is 12.5. The van der Waals surface area contributed by atoms with Crippen molar-refractivity contribution in [2.24, 2.45) is 0 Å². The number of likely N-dealkylation sites (N-methyl/N-ethyl adjacent to an activating group) is 1. The van der Waals surface area contributed by atoms with E-state index in [1.165, 1.54) is 18.8 Å². The van der Waals surface area contributed by atoms with Crippen LogP contribution >= 0.6 is 11.8 Å². The van der Waals surface area contributed by atoms with Gasteiger partial charge in [0.1, 0.15) is 18.2 Å². The van der Waals surface area contributed by atoms with E-state index >= 15 is 0 Å². The molecule has 0 rings (SSSR count). The Balaban J connectivity index is 4.61. The second-order valence-electron chi connectivity index (χ2n) is 5.55. The van der Waals surface area contributed by atoms with Gasteiger partial charge in [-0.15, -0.1) is 0 Å². The topological polar surface area (TPSA) is 206 Å². The molecule has 0 aliphatic carbocycles. The molecule has 0 aromatic heterocycles. The molecule has 0 heterocycles. The molecule has 0 fully saturated rings. The van der Waals surface area contributed by atoms with E-state index < -0.39 is 67.1 Å². The minimum absolute atomic E-state index is 0.139. The lowest BCUT2D eigenvalue weighted by atomic mass is 10.1. The number of hydrogen-bond acceptors (Lipinski definition) is 9. The van der Waals surface area contributed by atoms with Crippen LogP contribution in [-0.4, -0.2) is 105 Å². The number of thioether (sulfide) groups is 1. The molecule has 156 valence electrons. The molecule has 13 heteroatoms. The summed E-state index contributed by atoms with van der Waals surface area (Å²) in [7, 11) is 1.39. The quantitative estimate of drug-likeness (QED) is 0.147. The average Bonchev–Trinajstić information content (AvgIpc) is 2.61. The van der Waals surface area contributed by atoms with Crippen LogP contribution in [0.3, 0.4) is 0 Å². The second-order valence-corrected chi connectivity index (χ2v) is 6.46. The van der Waals surface area contributed by atoms with Gasteiger partial charge in [0.25, 0.3) is 0 Å². The number of aliphatic hydroxyl groups excluding tert-OH is 3. The number of carbonyl (C=O) groups is 4. The summed E-state index contributed by atoms with van der Waals surface area (Å²) >= 11 is 1.22. The highest BCUT2D eigenvalue weighted by Crippen LogP contribution is 2.02. The number of nitrogens with one attached hydrogen (secondary N) is 3. The third-order valence-electron chi connectivity index (χ3n) is 3.48. The fourth-order valence-corrected chi connectivity index (χ4v) is 2.45. The van der Waals surface area contributed by atoms with Crippen molar-refractivity contribution in [3.05, 3.63) is 0 Å². The van der Waals surface area contributed by atoms with Gasteiger partial charge in [-0.2, -0.15) is 11.8 Å². The summed E-state index contributed by atoms with van der Waals surface area (Å²) in [5.41, 5.74) is 0. The standard InChI is InChI=1S/C14H25N3O9S/c1-15-6(12(22)17-7(5-27-2)13(23)24)3-9(19)16-4-8(18)10(20)11(21)14(25)26/h6-8,10-11,15,18,20-21H,3-5H2,1-2H3,(H,16,19)(H,17,22)(H,23,24)(H,25,26)/t6-,7-,8-,10+,11+/m0/s1. The predicted octanol–water partition coefficient (Wildman–Crippen LogP) is -3.82. The molecular formula is C14H25N3O9S. The zero-order valence-corrected chi connectivity index (χ0v) is 15.6. The Bertz CT molecular complexity index is 534. The first kappa shape index (κ1) is 25.1. The Kier molecular flexibility index (Phi) is 11.6. The van der Waals surface area contributed by atoms with Gasteiger partial charge in [0.15, 0.2) is 6.10 Å². The maximum absolute atomic E-state index is 12.1. The van der Waals surface area contributed by atoms with E-state index in [-0.39, 0.29) is 5.75 Å². The molecule has 0 unspecified atom stereocenters. The number of carboxylic acids is 2. The van der Waals surface area contributed by atoms with Crippen LogP contribution < -0.4 is 16.0 Å². The molecule has 0 saturated heterocycles. The van der Waals surface area contributed by atoms with Crippen LogP contribution in [0.5, 0.6) is 0 Å². The van der Waals surface area contributed by atoms with E-state index in [1.54, 1.807) is 6.26 Å². The van der Waals surface area contributed by atoms with Crippen LogP contribution in [0.4, 0.5) is 0 Å². The van der Waals surface area contributed by atoms with E-state index in [1.807, 2.05) is 0 Å². The summed E-state index contributed by atoms with van der Waals surface area (Å²) in [5, 5.41) is 52.7. The number of amides is 2. The van der Waals surface area contributed by atoms with E-state index in [2.05, 4.69) is 16.0 Å². The van der Waals surface area contributed by atoms with Crippen LogP contribution in [-0.2, 0) is 19.2 Å². The first-order valence-electron chi connectivity index (χ1n) is 7.78. The minimum atomic E-state index is -2.22. The van der Waals surface area contributed by atoms with Crippen molar-refractivity contribution < 1.29 is 44.7 Å². The van der Waals surface area contributed by atoms with Gasteiger partial charge in [0, 0.05) is 12.3 Å². The van der Waals surface area contributed by atoms with Crippen LogP contribution in [0.2, 0.25) is 0 Å². The fourth-order valence-electron chi connectivity index (χ4n) is 1.89. The van der Waals surface area contributed by atoms with Crippen molar-refractivity contribution in [2.45, 2.75) is 36.8 Å². The number of carboxylic acid groups (broad SMARTS) is 2. The fraction of sp³-hybridized carbons (Fsp3) is 0.714. The largest absolute Gasteiger partial charge is 0.480 e. The molecule has 0 radical (unpaired) electrons. The van der Waals surface area contributed by atoms with Gasteiger partial charge in [-0.3, -0.25) is 9.59 Å². The number of hydrogen-bond donors (Lipinski definition) is 8. The number of aliphatic hydroxyl groups is 3. The van der Waals surface area contributed by atoms with Crippen LogP contribution in [0.15, 0.2) is 0 Å². The number of carbonyl (C=O) groups excluding carboxylic acids is 2. The lowest BCUT2D eigenvalue weighted by Crippen LogP contribution is -2.52. The van der Waals surface area contributed by atoms with Crippen molar-refractivity contribution in [3.8, 4) is 0 Å². The molecular weight excluding hydrogens is 386 g/mol. The Labute approximate surface area is 159 Å².